The third-order valence-corrected chi connectivity index (χ3v) is 2.86. The van der Waals surface area contributed by atoms with Crippen LogP contribution in [0.2, 0.25) is 0 Å². The minimum atomic E-state index is -0.833. The first-order chi connectivity index (χ1) is 10.3. The van der Waals surface area contributed by atoms with E-state index in [1.54, 1.807) is 0 Å². The second kappa shape index (κ2) is 26.6. The molecule has 0 spiro atoms. The van der Waals surface area contributed by atoms with Gasteiger partial charge in [-0.15, -0.1) is 0 Å². The molecule has 0 aliphatic carbocycles. The van der Waals surface area contributed by atoms with E-state index < -0.39 is 17.4 Å². The second-order valence-corrected chi connectivity index (χ2v) is 4.77. The van der Waals surface area contributed by atoms with E-state index in [1.165, 1.54) is 56.9 Å². The summed E-state index contributed by atoms with van der Waals surface area (Å²) in [7, 11) is -1.67. The zero-order chi connectivity index (χ0) is 16.2. The summed E-state index contributed by atoms with van der Waals surface area (Å²) in [5.41, 5.74) is 1.46. The predicted molar refractivity (Wildman–Crippen MR) is 86.6 cm³/mol. The van der Waals surface area contributed by atoms with Crippen molar-refractivity contribution in [2.45, 2.75) is 58.3 Å². The molecule has 0 aromatic heterocycles. The van der Waals surface area contributed by atoms with Crippen LogP contribution in [0.4, 0.5) is 0 Å². The van der Waals surface area contributed by atoms with Crippen LogP contribution in [0.5, 0.6) is 0 Å². The van der Waals surface area contributed by atoms with Crippen molar-refractivity contribution in [3.63, 3.8) is 0 Å². The normalized spacial score (nSPS) is 9.05. The van der Waals surface area contributed by atoms with Gasteiger partial charge in [0.1, 0.15) is 0 Å². The van der Waals surface area contributed by atoms with Crippen LogP contribution < -0.4 is 0 Å². The molecule has 0 aliphatic heterocycles. The van der Waals surface area contributed by atoms with Gasteiger partial charge in [0, 0.05) is 0 Å². The topological polar surface area (TPSA) is 74.6 Å². The molecule has 0 bridgehead atoms. The molecule has 4 nitrogen and oxygen atoms in total. The Kier molecular flexibility index (Phi) is 33.3. The van der Waals surface area contributed by atoms with Gasteiger partial charge in [0.05, 0.1) is 0 Å². The molecule has 0 saturated heterocycles. The van der Waals surface area contributed by atoms with E-state index in [9.17, 15) is 0 Å². The maximum absolute atomic E-state index is 8.46. The van der Waals surface area contributed by atoms with Crippen LogP contribution in [0.25, 0.3) is 0 Å². The van der Waals surface area contributed by atoms with E-state index in [-0.39, 0.29) is 40.8 Å². The van der Waals surface area contributed by atoms with Gasteiger partial charge in [-0.05, 0) is 0 Å². The summed E-state index contributed by atoms with van der Waals surface area (Å²) < 4.78 is 16.9. The van der Waals surface area contributed by atoms with Crippen molar-refractivity contribution in [2.75, 3.05) is 0 Å². The number of hydrogen-bond acceptors (Lipinski definition) is 2. The fourth-order valence-electron chi connectivity index (χ4n) is 1.87. The Bertz CT molecular complexity index is 321. The van der Waals surface area contributed by atoms with E-state index in [0.29, 0.717) is 0 Å². The molecule has 1 radical (unpaired) electrons. The van der Waals surface area contributed by atoms with E-state index >= 15 is 0 Å². The Morgan fingerprint density at radius 1 is 0.909 bits per heavy atom. The summed E-state index contributed by atoms with van der Waals surface area (Å²) in [6.45, 7) is 2.27. The average Bonchev–Trinajstić information content (AvgIpc) is 2.49. The van der Waals surface area contributed by atoms with Crippen molar-refractivity contribution in [1.82, 2.24) is 0 Å². The monoisotopic (exact) mass is 473 g/mol. The van der Waals surface area contributed by atoms with Gasteiger partial charge in [-0.25, -0.2) is 9.13 Å². The van der Waals surface area contributed by atoms with Crippen LogP contribution in [0.3, 0.4) is 0 Å². The van der Waals surface area contributed by atoms with Crippen LogP contribution in [-0.4, -0.2) is 9.79 Å². The van der Waals surface area contributed by atoms with Crippen molar-refractivity contribution in [1.29, 1.82) is 0 Å². The number of rotatable bonds is 8. The third-order valence-electron chi connectivity index (χ3n) is 2.86. The molecule has 0 unspecified atom stereocenters. The molecule has 2 N–H and O–H groups in total. The summed E-state index contributed by atoms with van der Waals surface area (Å²) in [6.07, 6.45) is 11.0. The van der Waals surface area contributed by atoms with Crippen LogP contribution in [-0.2, 0) is 15.6 Å². The predicted octanol–water partition coefficient (Wildman–Crippen LogP) is 5.15. The standard InChI is InChI=1S/C15H23.Nd.2HO2P/c1-2-3-4-5-6-7-9-12-15-13-10-8-11-14-15;;2*1-3-2/h10-11,13-14H,2-7,9,12H2,1H3;;2*(H,1,2)/q-1;+3;;. The summed E-state index contributed by atoms with van der Waals surface area (Å²) in [5, 5.41) is 0. The van der Waals surface area contributed by atoms with Gasteiger partial charge in [-0.3, -0.25) is 0 Å². The molecule has 0 saturated carbocycles. The van der Waals surface area contributed by atoms with Crippen LogP contribution in [0, 0.1) is 46.9 Å². The molecule has 121 valence electrons. The van der Waals surface area contributed by atoms with Gasteiger partial charge in [0.25, 0.3) is 0 Å². The Hall–Kier alpha value is 0.691. The quantitative estimate of drug-likeness (QED) is 0.310. The Morgan fingerprint density at radius 2 is 1.32 bits per heavy atom. The molecule has 0 amide bonds. The Labute approximate surface area is 170 Å². The van der Waals surface area contributed by atoms with Crippen LogP contribution in [0.1, 0.15) is 57.4 Å². The summed E-state index contributed by atoms with van der Waals surface area (Å²) >= 11 is 0. The first kappa shape index (κ1) is 27.5. The molecular weight excluding hydrogens is 450 g/mol. The minimum absolute atomic E-state index is 0. The van der Waals surface area contributed by atoms with Gasteiger partial charge in [-0.2, -0.15) is 35.9 Å². The molecule has 1 aromatic carbocycles. The van der Waals surface area contributed by atoms with Crippen LogP contribution >= 0.6 is 17.4 Å². The molecule has 7 heteroatoms. The zero-order valence-electron chi connectivity index (χ0n) is 13.1. The minimum Gasteiger partial charge on any atom is -0.310 e. The fraction of sp³-hybridized carbons (Fsp3) is 0.600. The van der Waals surface area contributed by atoms with Crippen molar-refractivity contribution < 1.29 is 59.8 Å². The summed E-state index contributed by atoms with van der Waals surface area (Å²) in [5.74, 6) is 0. The molecular formula is C15H25NdO4P2+2. The van der Waals surface area contributed by atoms with Crippen molar-refractivity contribution in [3.8, 4) is 0 Å². The van der Waals surface area contributed by atoms with E-state index in [2.05, 4.69) is 25.1 Å². The molecule has 0 aliphatic rings. The Balaban J connectivity index is -0.000000447. The van der Waals surface area contributed by atoms with Crippen molar-refractivity contribution >= 4 is 17.4 Å². The molecule has 1 rings (SSSR count). The zero-order valence-corrected chi connectivity index (χ0v) is 18.1. The number of unbranched alkanes of at least 4 members (excludes halogenated alkanes) is 6. The smallest absolute Gasteiger partial charge is 0.310 e. The van der Waals surface area contributed by atoms with Gasteiger partial charge in [-0.1, -0.05) is 58.3 Å². The molecule has 0 atom stereocenters. The maximum Gasteiger partial charge on any atom is 3.00 e. The molecule has 0 heterocycles. The molecule has 1 aromatic rings. The fourth-order valence-corrected chi connectivity index (χ4v) is 1.87. The average molecular weight is 476 g/mol. The number of benzene rings is 1. The van der Waals surface area contributed by atoms with Gasteiger partial charge < -0.3 is 9.79 Å². The van der Waals surface area contributed by atoms with Gasteiger partial charge >= 0.3 is 58.2 Å². The first-order valence-electron chi connectivity index (χ1n) is 7.15. The Morgan fingerprint density at radius 3 is 1.77 bits per heavy atom. The largest absolute Gasteiger partial charge is 3.00 e. The number of hydrogen-bond donors (Lipinski definition) is 2. The van der Waals surface area contributed by atoms with E-state index in [0.717, 1.165) is 0 Å². The maximum atomic E-state index is 8.46. The van der Waals surface area contributed by atoms with E-state index in [4.69, 9.17) is 18.9 Å². The van der Waals surface area contributed by atoms with Gasteiger partial charge in [0.2, 0.25) is 0 Å². The SMILES string of the molecule is CCCCCCCCCc1cc[c-]cc1.O=PO.O=PO.[Nd+3]. The van der Waals surface area contributed by atoms with Crippen molar-refractivity contribution in [3.05, 3.63) is 35.9 Å². The summed E-state index contributed by atoms with van der Waals surface area (Å²) in [6, 6.07) is 11.4. The number of aryl methyl sites for hydroxylation is 1. The molecule has 22 heavy (non-hydrogen) atoms. The molecule has 0 fully saturated rings. The second-order valence-electron chi connectivity index (χ2n) is 4.44. The van der Waals surface area contributed by atoms with Gasteiger partial charge in [0.15, 0.2) is 0 Å². The van der Waals surface area contributed by atoms with E-state index in [1.807, 2.05) is 12.1 Å². The third kappa shape index (κ3) is 25.6. The summed E-state index contributed by atoms with van der Waals surface area (Å²) in [4.78, 5) is 14.0. The van der Waals surface area contributed by atoms with Crippen molar-refractivity contribution in [2.24, 2.45) is 0 Å². The van der Waals surface area contributed by atoms with Crippen LogP contribution in [0.15, 0.2) is 24.3 Å². The first-order valence-corrected chi connectivity index (χ1v) is 8.68.